The van der Waals surface area contributed by atoms with Crippen LogP contribution in [0.15, 0.2) is 54.9 Å². The van der Waals surface area contributed by atoms with Gasteiger partial charge >= 0.3 is 5.97 Å². The summed E-state index contributed by atoms with van der Waals surface area (Å²) < 4.78 is 0. The number of aromatic nitrogens is 2. The molecule has 1 aromatic heterocycles. The summed E-state index contributed by atoms with van der Waals surface area (Å²) in [5.74, 6) is 0.136. The van der Waals surface area contributed by atoms with Crippen molar-refractivity contribution in [2.75, 3.05) is 10.6 Å². The number of nitrogens with zero attached hydrogens (tertiary/aromatic N) is 2. The van der Waals surface area contributed by atoms with Gasteiger partial charge in [-0.1, -0.05) is 18.2 Å². The number of hydrogen-bond donors (Lipinski definition) is 3. The number of rotatable bonds is 5. The minimum absolute atomic E-state index is 0.185. The summed E-state index contributed by atoms with van der Waals surface area (Å²) in [4.78, 5) is 19.7. The van der Waals surface area contributed by atoms with E-state index in [1.807, 2.05) is 26.0 Å². The molecule has 0 spiro atoms. The lowest BCUT2D eigenvalue weighted by atomic mass is 10.1. The number of carbonyl (C=O) groups is 1. The molecule has 0 aliphatic carbocycles. The highest BCUT2D eigenvalue weighted by Gasteiger charge is 2.10. The largest absolute Gasteiger partial charge is 0.478 e. The molecule has 0 aliphatic heterocycles. The molecule has 0 aliphatic rings. The zero-order valence-electron chi connectivity index (χ0n) is 13.9. The van der Waals surface area contributed by atoms with Crippen molar-refractivity contribution in [3.63, 3.8) is 0 Å². The fourth-order valence-electron chi connectivity index (χ4n) is 2.61. The molecule has 0 bridgehead atoms. The molecule has 126 valence electrons. The molecule has 1 heterocycles. The molecule has 6 nitrogen and oxygen atoms in total. The van der Waals surface area contributed by atoms with Crippen molar-refractivity contribution in [3.8, 4) is 0 Å². The van der Waals surface area contributed by atoms with Gasteiger partial charge in [0.15, 0.2) is 0 Å². The second-order valence-corrected chi connectivity index (χ2v) is 5.77. The minimum atomic E-state index is -0.995. The van der Waals surface area contributed by atoms with E-state index in [4.69, 9.17) is 0 Å². The van der Waals surface area contributed by atoms with Gasteiger partial charge in [-0.05, 0) is 49.2 Å². The van der Waals surface area contributed by atoms with Crippen LogP contribution in [0.5, 0.6) is 0 Å². The van der Waals surface area contributed by atoms with Crippen LogP contribution in [-0.2, 0) is 0 Å². The van der Waals surface area contributed by atoms with Gasteiger partial charge in [0.1, 0.15) is 18.0 Å². The number of nitrogens with one attached hydrogen (secondary N) is 2. The molecule has 0 amide bonds. The van der Waals surface area contributed by atoms with E-state index >= 15 is 0 Å². The Kier molecular flexibility index (Phi) is 4.61. The highest BCUT2D eigenvalue weighted by atomic mass is 16.4. The van der Waals surface area contributed by atoms with E-state index in [0.717, 1.165) is 16.8 Å². The first kappa shape index (κ1) is 16.4. The summed E-state index contributed by atoms with van der Waals surface area (Å²) in [5.41, 5.74) is 3.92. The first-order valence-electron chi connectivity index (χ1n) is 7.78. The Hall–Kier alpha value is -3.41. The molecule has 0 atom stereocenters. The molecule has 3 aromatic rings. The molecular weight excluding hydrogens is 316 g/mol. The Morgan fingerprint density at radius 1 is 0.920 bits per heavy atom. The van der Waals surface area contributed by atoms with Crippen molar-refractivity contribution in [1.82, 2.24) is 9.97 Å². The molecule has 3 N–H and O–H groups in total. The van der Waals surface area contributed by atoms with Gasteiger partial charge in [0.2, 0.25) is 0 Å². The average Bonchev–Trinajstić information content (AvgIpc) is 2.54. The molecular formula is C19H18N4O2. The van der Waals surface area contributed by atoms with Crippen LogP contribution in [0.2, 0.25) is 0 Å². The molecule has 0 saturated heterocycles. The summed E-state index contributed by atoms with van der Waals surface area (Å²) in [5, 5.41) is 15.5. The Labute approximate surface area is 145 Å². The lowest BCUT2D eigenvalue weighted by Crippen LogP contribution is -2.04. The quantitative estimate of drug-likeness (QED) is 0.645. The monoisotopic (exact) mass is 334 g/mol. The number of anilines is 4. The van der Waals surface area contributed by atoms with Crippen LogP contribution in [0, 0.1) is 13.8 Å². The SMILES string of the molecule is Cc1cc(C)cc(Nc2cc(Nc3ccccc3C(=O)O)ncn2)c1. The van der Waals surface area contributed by atoms with E-state index in [1.54, 1.807) is 30.3 Å². The molecule has 2 aromatic carbocycles. The van der Waals surface area contributed by atoms with Gasteiger partial charge in [-0.2, -0.15) is 0 Å². The average molecular weight is 334 g/mol. The Morgan fingerprint density at radius 2 is 1.56 bits per heavy atom. The molecule has 0 unspecified atom stereocenters. The number of benzene rings is 2. The van der Waals surface area contributed by atoms with Crippen LogP contribution in [0.25, 0.3) is 0 Å². The number of carboxylic acids is 1. The molecule has 6 heteroatoms. The van der Waals surface area contributed by atoms with Gasteiger partial charge in [-0.3, -0.25) is 0 Å². The van der Waals surface area contributed by atoms with Crippen molar-refractivity contribution in [2.45, 2.75) is 13.8 Å². The van der Waals surface area contributed by atoms with Crippen LogP contribution in [-0.4, -0.2) is 21.0 Å². The molecule has 0 saturated carbocycles. The highest BCUT2D eigenvalue weighted by molar-refractivity contribution is 5.95. The van der Waals surface area contributed by atoms with Gasteiger partial charge in [-0.25, -0.2) is 14.8 Å². The lowest BCUT2D eigenvalue weighted by Gasteiger charge is -2.11. The van der Waals surface area contributed by atoms with E-state index in [1.165, 1.54) is 6.33 Å². The zero-order valence-corrected chi connectivity index (χ0v) is 13.9. The molecule has 3 rings (SSSR count). The number of hydrogen-bond acceptors (Lipinski definition) is 5. The third-order valence-electron chi connectivity index (χ3n) is 3.58. The first-order valence-corrected chi connectivity index (χ1v) is 7.78. The number of para-hydroxylation sites is 1. The van der Waals surface area contributed by atoms with E-state index in [2.05, 4.69) is 26.7 Å². The van der Waals surface area contributed by atoms with Crippen LogP contribution in [0.3, 0.4) is 0 Å². The van der Waals surface area contributed by atoms with Crippen LogP contribution >= 0.6 is 0 Å². The Bertz CT molecular complexity index is 905. The summed E-state index contributed by atoms with van der Waals surface area (Å²) in [6.07, 6.45) is 1.43. The van der Waals surface area contributed by atoms with Gasteiger partial charge in [0, 0.05) is 11.8 Å². The van der Waals surface area contributed by atoms with Gasteiger partial charge in [0.25, 0.3) is 0 Å². The summed E-state index contributed by atoms with van der Waals surface area (Å²) in [6.45, 7) is 4.07. The highest BCUT2D eigenvalue weighted by Crippen LogP contribution is 2.23. The zero-order chi connectivity index (χ0) is 17.8. The summed E-state index contributed by atoms with van der Waals surface area (Å²) >= 11 is 0. The second-order valence-electron chi connectivity index (χ2n) is 5.77. The van der Waals surface area contributed by atoms with Gasteiger partial charge < -0.3 is 15.7 Å². The standard InChI is InChI=1S/C19H18N4O2/c1-12-7-13(2)9-14(8-12)22-17-10-18(21-11-20-17)23-16-6-4-3-5-15(16)19(24)25/h3-11H,1-2H3,(H,24,25)(H2,20,21,22,23). The maximum atomic E-state index is 11.3. The number of carboxylic acid groups (broad SMARTS) is 1. The topological polar surface area (TPSA) is 87.1 Å². The van der Waals surface area contributed by atoms with E-state index in [0.29, 0.717) is 17.3 Å². The number of aryl methyl sites for hydroxylation is 2. The van der Waals surface area contributed by atoms with E-state index < -0.39 is 5.97 Å². The van der Waals surface area contributed by atoms with E-state index in [9.17, 15) is 9.90 Å². The fourth-order valence-corrected chi connectivity index (χ4v) is 2.61. The van der Waals surface area contributed by atoms with Crippen LogP contribution in [0.1, 0.15) is 21.5 Å². The predicted molar refractivity (Wildman–Crippen MR) is 97.9 cm³/mol. The molecule has 25 heavy (non-hydrogen) atoms. The minimum Gasteiger partial charge on any atom is -0.478 e. The summed E-state index contributed by atoms with van der Waals surface area (Å²) in [6, 6.07) is 14.6. The first-order chi connectivity index (χ1) is 12.0. The van der Waals surface area contributed by atoms with E-state index in [-0.39, 0.29) is 5.56 Å². The second kappa shape index (κ2) is 7.00. The predicted octanol–water partition coefficient (Wildman–Crippen LogP) is 4.28. The number of aromatic carboxylic acids is 1. The van der Waals surface area contributed by atoms with Crippen molar-refractivity contribution < 1.29 is 9.90 Å². The van der Waals surface area contributed by atoms with Crippen molar-refractivity contribution in [1.29, 1.82) is 0 Å². The van der Waals surface area contributed by atoms with Crippen molar-refractivity contribution in [2.24, 2.45) is 0 Å². The van der Waals surface area contributed by atoms with Crippen molar-refractivity contribution in [3.05, 3.63) is 71.5 Å². The van der Waals surface area contributed by atoms with Gasteiger partial charge in [-0.15, -0.1) is 0 Å². The normalized spacial score (nSPS) is 10.3. The van der Waals surface area contributed by atoms with Crippen LogP contribution in [0.4, 0.5) is 23.0 Å². The smallest absolute Gasteiger partial charge is 0.337 e. The maximum Gasteiger partial charge on any atom is 0.337 e. The summed E-state index contributed by atoms with van der Waals surface area (Å²) in [7, 11) is 0. The Balaban J connectivity index is 1.84. The Morgan fingerprint density at radius 3 is 2.24 bits per heavy atom. The maximum absolute atomic E-state index is 11.3. The third-order valence-corrected chi connectivity index (χ3v) is 3.58. The molecule has 0 fully saturated rings. The van der Waals surface area contributed by atoms with Crippen molar-refractivity contribution >= 4 is 29.0 Å². The molecule has 0 radical (unpaired) electrons. The fraction of sp³-hybridized carbons (Fsp3) is 0.105. The van der Waals surface area contributed by atoms with Crippen LogP contribution < -0.4 is 10.6 Å². The third kappa shape index (κ3) is 4.11. The lowest BCUT2D eigenvalue weighted by molar-refractivity contribution is 0.0698. The van der Waals surface area contributed by atoms with Gasteiger partial charge in [0.05, 0.1) is 11.3 Å².